The molecule has 18 nitrogen and oxygen atoms in total. The standard InChI is InChI=1S/3C26H28FN3O3/c1-2-19-13-23(26(32)33)25(31)29-24(19)20-5-9-22(10-6-20)30-12-11-18(16-30)15-28-14-17-3-7-21(27)8-4-17;1-2-19-13-23(26(32)33)25(31)29-24(19)20-6-8-22(9-7-20)30-11-10-18(16-30)15-28-14-17-4-3-5-21(27)12-17;1-2-18-13-22(26(32)33)25(31)29-24(18)19-7-9-21(10-8-19)30-12-11-17(16-30)14-28-15-20-5-3-4-6-23(20)27/h3-10,13,18,28H,2,11-12,14-16H2,1H3,(H,29,31)(H,32,33);3-9,12-13,18,28H,2,10-11,14-16H2,1H3,(H,29,31)(H,32,33);3-10,13,17,28H,2,11-12,14-16H2,1H3,(H,29,31)(H,32,33). The Morgan fingerprint density at radius 1 is 0.414 bits per heavy atom. The first kappa shape index (κ1) is 71.4. The van der Waals surface area contributed by atoms with Gasteiger partial charge in [0.15, 0.2) is 0 Å². The van der Waals surface area contributed by atoms with E-state index in [0.717, 1.165) is 146 Å². The highest BCUT2D eigenvalue weighted by Crippen LogP contribution is 2.32. The molecule has 3 saturated heterocycles. The van der Waals surface area contributed by atoms with Crippen LogP contribution in [0.25, 0.3) is 33.8 Å². The van der Waals surface area contributed by atoms with E-state index in [1.807, 2.05) is 106 Å². The summed E-state index contributed by atoms with van der Waals surface area (Å²) in [6.45, 7) is 16.1. The lowest BCUT2D eigenvalue weighted by Gasteiger charge is -2.20. The summed E-state index contributed by atoms with van der Waals surface area (Å²) in [7, 11) is 0. The van der Waals surface area contributed by atoms with E-state index in [9.17, 15) is 57.3 Å². The first-order valence-electron chi connectivity index (χ1n) is 33.7. The zero-order chi connectivity index (χ0) is 70.1. The zero-order valence-electron chi connectivity index (χ0n) is 55.8. The van der Waals surface area contributed by atoms with Crippen LogP contribution in [-0.2, 0) is 38.9 Å². The number of carboxylic acid groups (broad SMARTS) is 3. The van der Waals surface area contributed by atoms with E-state index in [1.54, 1.807) is 36.4 Å². The minimum atomic E-state index is -1.22. The van der Waals surface area contributed by atoms with Gasteiger partial charge in [-0.15, -0.1) is 0 Å². The number of aromatic carboxylic acids is 3. The Morgan fingerprint density at radius 3 is 1.13 bits per heavy atom. The number of benzene rings is 6. The fourth-order valence-electron chi connectivity index (χ4n) is 13.2. The van der Waals surface area contributed by atoms with Crippen LogP contribution in [0.15, 0.2) is 178 Å². The molecule has 0 amide bonds. The number of hydrogen-bond donors (Lipinski definition) is 9. The van der Waals surface area contributed by atoms with Crippen LogP contribution >= 0.6 is 0 Å². The summed E-state index contributed by atoms with van der Waals surface area (Å²) in [5, 5.41) is 37.9. The molecule has 9 N–H and O–H groups in total. The third kappa shape index (κ3) is 18.7. The number of carboxylic acids is 3. The van der Waals surface area contributed by atoms with Crippen molar-refractivity contribution in [1.82, 2.24) is 30.9 Å². The highest BCUT2D eigenvalue weighted by molar-refractivity contribution is 5.89. The highest BCUT2D eigenvalue weighted by Gasteiger charge is 2.27. The summed E-state index contributed by atoms with van der Waals surface area (Å²) in [6.07, 6.45) is 5.10. The van der Waals surface area contributed by atoms with Gasteiger partial charge in [0.05, 0.1) is 17.1 Å². The lowest BCUT2D eigenvalue weighted by molar-refractivity contribution is 0.0684. The number of nitrogens with zero attached hydrogens (tertiary/aromatic N) is 3. The Kier molecular flexibility index (Phi) is 24.3. The molecule has 9 aromatic rings. The average molecular weight is 1350 g/mol. The Labute approximate surface area is 572 Å². The molecule has 0 spiro atoms. The number of pyridine rings is 3. The van der Waals surface area contributed by atoms with Crippen LogP contribution in [0.1, 0.15) is 104 Å². The number of hydrogen-bond acceptors (Lipinski definition) is 12. The molecule has 12 rings (SSSR count). The lowest BCUT2D eigenvalue weighted by Crippen LogP contribution is -2.26. The lowest BCUT2D eigenvalue weighted by atomic mass is 10.0. The van der Waals surface area contributed by atoms with E-state index in [4.69, 9.17) is 0 Å². The van der Waals surface area contributed by atoms with E-state index in [-0.39, 0.29) is 34.1 Å². The molecule has 0 radical (unpaired) electrons. The molecule has 99 heavy (non-hydrogen) atoms. The van der Waals surface area contributed by atoms with Crippen LogP contribution in [0, 0.1) is 35.2 Å². The number of H-pyrrole nitrogens is 3. The number of halogens is 3. The first-order valence-corrected chi connectivity index (χ1v) is 33.7. The zero-order valence-corrected chi connectivity index (χ0v) is 55.8. The third-order valence-corrected chi connectivity index (χ3v) is 18.7. The van der Waals surface area contributed by atoms with Crippen molar-refractivity contribution in [2.24, 2.45) is 17.8 Å². The maximum absolute atomic E-state index is 13.8. The van der Waals surface area contributed by atoms with Crippen molar-refractivity contribution >= 4 is 35.0 Å². The van der Waals surface area contributed by atoms with Crippen LogP contribution in [0.4, 0.5) is 30.2 Å². The van der Waals surface area contributed by atoms with Crippen molar-refractivity contribution in [1.29, 1.82) is 0 Å². The second kappa shape index (κ2) is 33.7. The summed E-state index contributed by atoms with van der Waals surface area (Å²) in [5.74, 6) is -2.72. The maximum Gasteiger partial charge on any atom is 0.341 e. The maximum atomic E-state index is 13.8. The minimum absolute atomic E-state index is 0.177. The molecule has 3 atom stereocenters. The van der Waals surface area contributed by atoms with E-state index in [1.165, 1.54) is 42.5 Å². The van der Waals surface area contributed by atoms with Crippen LogP contribution < -0.4 is 47.3 Å². The Morgan fingerprint density at radius 2 is 0.778 bits per heavy atom. The van der Waals surface area contributed by atoms with E-state index < -0.39 is 34.6 Å². The van der Waals surface area contributed by atoms with Gasteiger partial charge in [-0.25, -0.2) is 27.6 Å². The van der Waals surface area contributed by atoms with E-state index in [2.05, 4.69) is 45.6 Å². The predicted octanol–water partition coefficient (Wildman–Crippen LogP) is 12.2. The van der Waals surface area contributed by atoms with Gasteiger partial charge in [0.2, 0.25) is 0 Å². The summed E-state index contributed by atoms with van der Waals surface area (Å²) >= 11 is 0. The molecule has 516 valence electrons. The normalized spacial score (nSPS) is 15.7. The van der Waals surface area contributed by atoms with Crippen LogP contribution in [0.3, 0.4) is 0 Å². The fourth-order valence-corrected chi connectivity index (χ4v) is 13.2. The summed E-state index contributed by atoms with van der Waals surface area (Å²) < 4.78 is 40.1. The number of aromatic nitrogens is 3. The molecule has 0 bridgehead atoms. The first-order chi connectivity index (χ1) is 47.8. The quantitative estimate of drug-likeness (QED) is 0.0273. The van der Waals surface area contributed by atoms with E-state index in [0.29, 0.717) is 72.8 Å². The Bertz CT molecular complexity index is 4450. The molecule has 3 unspecified atom stereocenters. The van der Waals surface area contributed by atoms with Gasteiger partial charge in [-0.05, 0) is 186 Å². The Balaban J connectivity index is 0.000000161. The van der Waals surface area contributed by atoms with Crippen LogP contribution in [0.2, 0.25) is 0 Å². The largest absolute Gasteiger partial charge is 0.477 e. The average Bonchev–Trinajstić information content (AvgIpc) is 1.20. The van der Waals surface area contributed by atoms with Crippen molar-refractivity contribution in [3.63, 3.8) is 0 Å². The SMILES string of the molecule is CCc1cc(C(=O)O)c(=O)[nH]c1-c1ccc(N2CCC(CNCc3ccc(F)cc3)C2)cc1.CCc1cc(C(=O)O)c(=O)[nH]c1-c1ccc(N2CCC(CNCc3cccc(F)c3)C2)cc1.CCc1cc(C(=O)O)c(=O)[nH]c1-c1ccc(N2CCC(CNCc3ccccc3F)C2)cc1. The van der Waals surface area contributed by atoms with Gasteiger partial charge < -0.3 is 60.9 Å². The molecule has 3 aliphatic heterocycles. The number of aromatic amines is 3. The number of aryl methyl sites for hydroxylation is 3. The third-order valence-electron chi connectivity index (χ3n) is 18.7. The highest BCUT2D eigenvalue weighted by atomic mass is 19.1. The second-order valence-electron chi connectivity index (χ2n) is 25.4. The van der Waals surface area contributed by atoms with Gasteiger partial charge in [0, 0.05) is 101 Å². The van der Waals surface area contributed by atoms with Gasteiger partial charge in [-0.3, -0.25) is 14.4 Å². The predicted molar refractivity (Wildman–Crippen MR) is 382 cm³/mol. The van der Waals surface area contributed by atoms with Crippen molar-refractivity contribution in [2.45, 2.75) is 78.9 Å². The topological polar surface area (TPSA) is 256 Å². The monoisotopic (exact) mass is 1350 g/mol. The van der Waals surface area contributed by atoms with Crippen molar-refractivity contribution in [2.75, 3.05) is 73.6 Å². The van der Waals surface area contributed by atoms with Gasteiger partial charge in [-0.2, -0.15) is 0 Å². The fraction of sp³-hybridized carbons (Fsp3) is 0.308. The Hall–Kier alpha value is -10.4. The second-order valence-corrected chi connectivity index (χ2v) is 25.4. The van der Waals surface area contributed by atoms with Gasteiger partial charge in [0.25, 0.3) is 16.7 Å². The molecule has 3 fully saturated rings. The molecule has 0 saturated carbocycles. The minimum Gasteiger partial charge on any atom is -0.477 e. The summed E-state index contributed by atoms with van der Waals surface area (Å²) in [5.41, 5.74) is 10.5. The molecular formula is C78H84F3N9O9. The summed E-state index contributed by atoms with van der Waals surface area (Å²) in [4.78, 5) is 85.5. The van der Waals surface area contributed by atoms with Crippen LogP contribution in [0.5, 0.6) is 0 Å². The van der Waals surface area contributed by atoms with Crippen molar-refractivity contribution < 1.29 is 42.9 Å². The number of anilines is 3. The van der Waals surface area contributed by atoms with Gasteiger partial charge in [0.1, 0.15) is 34.1 Å². The number of rotatable bonds is 24. The molecule has 0 aliphatic carbocycles. The van der Waals surface area contributed by atoms with Crippen molar-refractivity contribution in [3.05, 3.63) is 262 Å². The molecular weight excluding hydrogens is 1260 g/mol. The molecule has 3 aromatic heterocycles. The molecule has 3 aliphatic rings. The molecule has 21 heteroatoms. The van der Waals surface area contributed by atoms with Gasteiger partial charge >= 0.3 is 17.9 Å². The van der Waals surface area contributed by atoms with E-state index >= 15 is 0 Å². The van der Waals surface area contributed by atoms with Crippen molar-refractivity contribution in [3.8, 4) is 33.8 Å². The summed E-state index contributed by atoms with van der Waals surface area (Å²) in [6, 6.07) is 48.5. The number of nitrogens with one attached hydrogen (secondary N) is 6. The number of carbonyl (C=O) groups is 3. The van der Waals surface area contributed by atoms with Crippen LogP contribution in [-0.4, -0.2) is 107 Å². The molecule has 6 aromatic carbocycles. The van der Waals surface area contributed by atoms with Gasteiger partial charge in [-0.1, -0.05) is 99.6 Å². The smallest absolute Gasteiger partial charge is 0.341 e. The molecule has 6 heterocycles.